The highest BCUT2D eigenvalue weighted by molar-refractivity contribution is 7.99. The van der Waals surface area contributed by atoms with Crippen molar-refractivity contribution in [3.63, 3.8) is 0 Å². The third-order valence-electron chi connectivity index (χ3n) is 4.18. The molecule has 1 unspecified atom stereocenters. The largest absolute Gasteiger partial charge is 0.480 e. The van der Waals surface area contributed by atoms with Crippen LogP contribution in [-0.2, 0) is 16.1 Å². The lowest BCUT2D eigenvalue weighted by Gasteiger charge is -2.42. The zero-order valence-corrected chi connectivity index (χ0v) is 13.4. The summed E-state index contributed by atoms with van der Waals surface area (Å²) < 4.78 is 1.95. The molecule has 23 heavy (non-hydrogen) atoms. The van der Waals surface area contributed by atoms with Crippen LogP contribution in [-0.4, -0.2) is 46.3 Å². The number of amides is 1. The number of likely N-dealkylation sites (tertiary alicyclic amines) is 1. The fourth-order valence-corrected chi connectivity index (χ4v) is 3.74. The summed E-state index contributed by atoms with van der Waals surface area (Å²) in [7, 11) is 0. The molecule has 0 aromatic heterocycles. The summed E-state index contributed by atoms with van der Waals surface area (Å²) in [5.74, 6) is -1.15. The molecule has 2 rings (SSSR count). The normalized spacial score (nSPS) is 18.8. The number of hydrogen-bond acceptors (Lipinski definition) is 6. The summed E-state index contributed by atoms with van der Waals surface area (Å²) in [6, 6.07) is 8.87. The van der Waals surface area contributed by atoms with Gasteiger partial charge in [0, 0.05) is 23.1 Å². The molecule has 1 saturated heterocycles. The first-order valence-electron chi connectivity index (χ1n) is 7.31. The number of nitrogens with zero attached hydrogens (tertiary/aromatic N) is 2. The minimum absolute atomic E-state index is 0.363. The number of hydrogen-bond donors (Lipinski definition) is 2. The molecular weight excluding hydrogens is 318 g/mol. The number of carbonyl (C=O) groups excluding carboxylic acids is 1. The number of benzene rings is 1. The molecule has 1 aliphatic heterocycles. The van der Waals surface area contributed by atoms with Gasteiger partial charge in [0.2, 0.25) is 6.41 Å². The third kappa shape index (κ3) is 4.29. The molecule has 1 aliphatic rings. The van der Waals surface area contributed by atoms with Crippen LogP contribution in [0.25, 0.3) is 0 Å². The first-order valence-corrected chi connectivity index (χ1v) is 8.08. The highest BCUT2D eigenvalue weighted by Gasteiger charge is 2.47. The predicted octanol–water partition coefficient (Wildman–Crippen LogP) is 1.63. The number of nitrogens with one attached hydrogen (secondary N) is 1. The van der Waals surface area contributed by atoms with Crippen molar-refractivity contribution in [2.75, 3.05) is 13.1 Å². The quantitative estimate of drug-likeness (QED) is 0.425. The highest BCUT2D eigenvalue weighted by atomic mass is 32.2. The van der Waals surface area contributed by atoms with E-state index < -0.39 is 16.8 Å². The van der Waals surface area contributed by atoms with Crippen molar-refractivity contribution in [3.8, 4) is 0 Å². The SMILES string of the molecule is O=CNC(C(=O)O)C1(SN=O)CCN(Cc2ccccc2)CC1. The van der Waals surface area contributed by atoms with Gasteiger partial charge in [0.15, 0.2) is 0 Å². The fraction of sp³-hybridized carbons (Fsp3) is 0.467. The number of carboxylic acid groups (broad SMARTS) is 1. The number of rotatable bonds is 8. The predicted molar refractivity (Wildman–Crippen MR) is 87.7 cm³/mol. The number of piperidine rings is 1. The van der Waals surface area contributed by atoms with Crippen molar-refractivity contribution in [1.29, 1.82) is 0 Å². The van der Waals surface area contributed by atoms with Crippen LogP contribution in [0.1, 0.15) is 18.4 Å². The van der Waals surface area contributed by atoms with Gasteiger partial charge in [0.25, 0.3) is 0 Å². The second kappa shape index (κ2) is 8.07. The number of nitroso groups, excluding NO2 is 1. The molecular formula is C15H19N3O4S. The maximum atomic E-state index is 11.4. The lowest BCUT2D eigenvalue weighted by molar-refractivity contribution is -0.142. The van der Waals surface area contributed by atoms with Crippen molar-refractivity contribution >= 4 is 24.3 Å². The van der Waals surface area contributed by atoms with Gasteiger partial charge in [-0.2, -0.15) is 0 Å². The van der Waals surface area contributed by atoms with E-state index >= 15 is 0 Å². The molecule has 1 heterocycles. The Morgan fingerprint density at radius 2 is 2.04 bits per heavy atom. The van der Waals surface area contributed by atoms with Gasteiger partial charge in [-0.05, 0) is 31.5 Å². The van der Waals surface area contributed by atoms with Crippen molar-refractivity contribution < 1.29 is 14.7 Å². The molecule has 8 heteroatoms. The molecule has 124 valence electrons. The zero-order chi connectivity index (χ0) is 16.7. The third-order valence-corrected chi connectivity index (χ3v) is 5.26. The summed E-state index contributed by atoms with van der Waals surface area (Å²) in [5, 5.41) is 11.7. The van der Waals surface area contributed by atoms with Crippen molar-refractivity contribution in [3.05, 3.63) is 40.8 Å². The van der Waals surface area contributed by atoms with Crippen LogP contribution in [0, 0.1) is 4.91 Å². The molecule has 0 bridgehead atoms. The summed E-state index contributed by atoms with van der Waals surface area (Å²) in [6.07, 6.45) is 1.30. The number of carbonyl (C=O) groups is 2. The first kappa shape index (κ1) is 17.4. The Morgan fingerprint density at radius 3 is 2.57 bits per heavy atom. The zero-order valence-electron chi connectivity index (χ0n) is 12.6. The summed E-state index contributed by atoms with van der Waals surface area (Å²) in [5.41, 5.74) is 1.18. The van der Waals surface area contributed by atoms with Crippen LogP contribution >= 0.6 is 11.9 Å². The van der Waals surface area contributed by atoms with Crippen LogP contribution in [0.15, 0.2) is 34.9 Å². The van der Waals surface area contributed by atoms with Crippen molar-refractivity contribution in [2.24, 2.45) is 4.58 Å². The van der Waals surface area contributed by atoms with E-state index in [1.54, 1.807) is 0 Å². The van der Waals surface area contributed by atoms with Crippen LogP contribution < -0.4 is 5.32 Å². The molecule has 0 spiro atoms. The van der Waals surface area contributed by atoms with Crippen LogP contribution in [0.5, 0.6) is 0 Å². The fourth-order valence-electron chi connectivity index (χ4n) is 2.95. The molecule has 7 nitrogen and oxygen atoms in total. The lowest BCUT2D eigenvalue weighted by atomic mass is 9.88. The topological polar surface area (TPSA) is 99.1 Å². The first-order chi connectivity index (χ1) is 11.1. The standard InChI is InChI=1S/C15H19N3O4S/c19-11-16-13(14(20)21)15(23-17-22)6-8-18(9-7-15)10-12-4-2-1-3-5-12/h1-5,11,13H,6-10H2,(H,16,19)(H,20,21). The molecule has 0 aliphatic carbocycles. The Morgan fingerprint density at radius 1 is 1.39 bits per heavy atom. The van der Waals surface area contributed by atoms with Crippen molar-refractivity contribution in [1.82, 2.24) is 10.2 Å². The van der Waals surface area contributed by atoms with Gasteiger partial charge in [-0.3, -0.25) is 9.69 Å². The van der Waals surface area contributed by atoms with Gasteiger partial charge in [-0.15, -0.1) is 4.91 Å². The van der Waals surface area contributed by atoms with Crippen LogP contribution in [0.3, 0.4) is 0 Å². The Labute approximate surface area is 138 Å². The van der Waals surface area contributed by atoms with E-state index in [0.29, 0.717) is 32.3 Å². The smallest absolute Gasteiger partial charge is 0.327 e. The monoisotopic (exact) mass is 337 g/mol. The van der Waals surface area contributed by atoms with Gasteiger partial charge < -0.3 is 10.4 Å². The van der Waals surface area contributed by atoms with Crippen LogP contribution in [0.2, 0.25) is 0 Å². The average Bonchev–Trinajstić information content (AvgIpc) is 2.55. The highest BCUT2D eigenvalue weighted by Crippen LogP contribution is 2.40. The summed E-state index contributed by atoms with van der Waals surface area (Å²) in [6.45, 7) is 2.05. The van der Waals surface area contributed by atoms with E-state index in [1.807, 2.05) is 30.3 Å². The molecule has 1 amide bonds. The average molecular weight is 337 g/mol. The Hall–Kier alpha value is -1.93. The number of aliphatic carboxylic acids is 1. The Balaban J connectivity index is 2.06. The molecule has 1 aromatic rings. The van der Waals surface area contributed by atoms with Gasteiger partial charge in [-0.1, -0.05) is 30.3 Å². The van der Waals surface area contributed by atoms with E-state index in [1.165, 1.54) is 5.56 Å². The maximum Gasteiger partial charge on any atom is 0.327 e. The van der Waals surface area contributed by atoms with E-state index in [0.717, 1.165) is 18.5 Å². The molecule has 1 aromatic carbocycles. The molecule has 1 fully saturated rings. The lowest BCUT2D eigenvalue weighted by Crippen LogP contribution is -2.57. The molecule has 0 radical (unpaired) electrons. The number of carboxylic acids is 1. The molecule has 0 saturated carbocycles. The van der Waals surface area contributed by atoms with E-state index in [9.17, 15) is 19.6 Å². The van der Waals surface area contributed by atoms with Crippen LogP contribution in [0.4, 0.5) is 0 Å². The second-order valence-electron chi connectivity index (χ2n) is 5.55. The Bertz CT molecular complexity index is 547. The minimum Gasteiger partial charge on any atom is -0.480 e. The van der Waals surface area contributed by atoms with Gasteiger partial charge >= 0.3 is 5.97 Å². The summed E-state index contributed by atoms with van der Waals surface area (Å²) in [4.78, 5) is 35.1. The van der Waals surface area contributed by atoms with Gasteiger partial charge in [0.05, 0.1) is 4.75 Å². The summed E-state index contributed by atoms with van der Waals surface area (Å²) >= 11 is 0.725. The molecule has 1 atom stereocenters. The van der Waals surface area contributed by atoms with Gasteiger partial charge in [0.1, 0.15) is 6.04 Å². The van der Waals surface area contributed by atoms with Crippen molar-refractivity contribution in [2.45, 2.75) is 30.2 Å². The maximum absolute atomic E-state index is 11.4. The molecule has 2 N–H and O–H groups in total. The van der Waals surface area contributed by atoms with E-state index in [-0.39, 0.29) is 0 Å². The van der Waals surface area contributed by atoms with E-state index in [2.05, 4.69) is 14.8 Å². The Kier molecular flexibility index (Phi) is 6.12. The van der Waals surface area contributed by atoms with E-state index in [4.69, 9.17) is 0 Å². The van der Waals surface area contributed by atoms with Gasteiger partial charge in [-0.25, -0.2) is 4.79 Å². The minimum atomic E-state index is -1.15. The second-order valence-corrected chi connectivity index (χ2v) is 6.69.